The van der Waals surface area contributed by atoms with E-state index in [9.17, 15) is 18.0 Å². The van der Waals surface area contributed by atoms with Gasteiger partial charge in [-0.25, -0.2) is 0 Å². The van der Waals surface area contributed by atoms with E-state index in [1.807, 2.05) is 6.92 Å². The molecule has 20 heavy (non-hydrogen) atoms. The van der Waals surface area contributed by atoms with Gasteiger partial charge in [0.25, 0.3) is 0 Å². The molecule has 0 saturated heterocycles. The van der Waals surface area contributed by atoms with Crippen molar-refractivity contribution in [3.8, 4) is 0 Å². The minimum Gasteiger partial charge on any atom is -0.462 e. The number of halogens is 3. The van der Waals surface area contributed by atoms with E-state index in [1.165, 1.54) is 11.8 Å². The van der Waals surface area contributed by atoms with Gasteiger partial charge in [-0.05, 0) is 38.9 Å². The van der Waals surface area contributed by atoms with Gasteiger partial charge in [-0.1, -0.05) is 19.8 Å². The molecule has 2 nitrogen and oxygen atoms in total. The molecule has 120 valence electrons. The third-order valence-electron chi connectivity index (χ3n) is 2.61. The molecule has 0 spiro atoms. The van der Waals surface area contributed by atoms with E-state index in [-0.39, 0.29) is 23.7 Å². The summed E-state index contributed by atoms with van der Waals surface area (Å²) in [5.41, 5.74) is 0. The Labute approximate surface area is 123 Å². The summed E-state index contributed by atoms with van der Waals surface area (Å²) in [4.78, 5) is 11.9. The minimum absolute atomic E-state index is 0.121. The van der Waals surface area contributed by atoms with E-state index in [0.29, 0.717) is 12.2 Å². The molecule has 0 radical (unpaired) electrons. The van der Waals surface area contributed by atoms with Crippen molar-refractivity contribution >= 4 is 17.7 Å². The number of unbranched alkanes of at least 4 members (excludes halogenated alkanes) is 2. The number of carbonyl (C=O) groups is 1. The predicted octanol–water partition coefficient (Wildman–Crippen LogP) is 4.96. The van der Waals surface area contributed by atoms with Crippen molar-refractivity contribution in [1.82, 2.24) is 0 Å². The Kier molecular flexibility index (Phi) is 10.2. The van der Waals surface area contributed by atoms with Gasteiger partial charge in [0.1, 0.15) is 5.25 Å². The Hall–Kier alpha value is -0.390. The average molecular weight is 314 g/mol. The Bertz CT molecular complexity index is 268. The molecule has 0 aliphatic rings. The highest BCUT2D eigenvalue weighted by molar-refractivity contribution is 8.00. The highest BCUT2D eigenvalue weighted by Gasteiger charge is 2.26. The normalized spacial score (nSPS) is 13.6. The van der Waals surface area contributed by atoms with Crippen LogP contribution in [0.1, 0.15) is 59.3 Å². The lowest BCUT2D eigenvalue weighted by molar-refractivity contribution is -0.146. The van der Waals surface area contributed by atoms with E-state index >= 15 is 0 Å². The average Bonchev–Trinajstić information content (AvgIpc) is 2.30. The quantitative estimate of drug-likeness (QED) is 0.421. The summed E-state index contributed by atoms with van der Waals surface area (Å²) in [5.74, 6) is 0.326. The van der Waals surface area contributed by atoms with E-state index in [0.717, 1.165) is 19.3 Å². The van der Waals surface area contributed by atoms with Gasteiger partial charge in [-0.15, -0.1) is 11.8 Å². The molecule has 6 heteroatoms. The van der Waals surface area contributed by atoms with Crippen molar-refractivity contribution in [3.05, 3.63) is 0 Å². The van der Waals surface area contributed by atoms with Crippen molar-refractivity contribution in [2.75, 3.05) is 5.75 Å². The van der Waals surface area contributed by atoms with Crippen LogP contribution in [0, 0.1) is 0 Å². The van der Waals surface area contributed by atoms with E-state index in [2.05, 4.69) is 0 Å². The van der Waals surface area contributed by atoms with Crippen LogP contribution < -0.4 is 0 Å². The number of hydrogen-bond donors (Lipinski definition) is 0. The number of ether oxygens (including phenoxy) is 1. The van der Waals surface area contributed by atoms with Gasteiger partial charge in [0.2, 0.25) is 0 Å². The summed E-state index contributed by atoms with van der Waals surface area (Å²) in [7, 11) is 0. The predicted molar refractivity (Wildman–Crippen MR) is 76.9 cm³/mol. The summed E-state index contributed by atoms with van der Waals surface area (Å²) in [6.07, 6.45) is -1.75. The zero-order valence-corrected chi connectivity index (χ0v) is 13.3. The molecule has 0 rings (SSSR count). The monoisotopic (exact) mass is 314 g/mol. The van der Waals surface area contributed by atoms with Crippen LogP contribution in [-0.4, -0.2) is 29.3 Å². The number of thioether (sulfide) groups is 1. The van der Waals surface area contributed by atoms with Crippen LogP contribution in [-0.2, 0) is 9.53 Å². The zero-order chi connectivity index (χ0) is 15.6. The number of esters is 1. The third kappa shape index (κ3) is 11.4. The first kappa shape index (κ1) is 19.6. The van der Waals surface area contributed by atoms with Gasteiger partial charge in [0.15, 0.2) is 0 Å². The van der Waals surface area contributed by atoms with Gasteiger partial charge >= 0.3 is 12.1 Å². The molecular weight excluding hydrogens is 289 g/mol. The van der Waals surface area contributed by atoms with E-state index in [1.54, 1.807) is 13.8 Å². The Morgan fingerprint density at radius 2 is 1.85 bits per heavy atom. The summed E-state index contributed by atoms with van der Waals surface area (Å²) in [6.45, 7) is 5.63. The van der Waals surface area contributed by atoms with Gasteiger partial charge < -0.3 is 4.74 Å². The lowest BCUT2D eigenvalue weighted by atomic mass is 10.2. The number of carbonyl (C=O) groups excluding carboxylic acids is 1. The summed E-state index contributed by atoms with van der Waals surface area (Å²) >= 11 is 1.42. The van der Waals surface area contributed by atoms with Crippen LogP contribution >= 0.6 is 11.8 Å². The standard InChI is InChI=1S/C14H25F3O2S/c1-4-5-8-12(13(18)19-11(2)3)20-10-7-6-9-14(15,16)17/h11-12H,4-10H2,1-3H3. The Morgan fingerprint density at radius 1 is 1.20 bits per heavy atom. The second-order valence-electron chi connectivity index (χ2n) is 5.06. The van der Waals surface area contributed by atoms with Crippen LogP contribution in [0.2, 0.25) is 0 Å². The fourth-order valence-electron chi connectivity index (χ4n) is 1.62. The number of hydrogen-bond acceptors (Lipinski definition) is 3. The zero-order valence-electron chi connectivity index (χ0n) is 12.5. The second kappa shape index (κ2) is 10.4. The Morgan fingerprint density at radius 3 is 2.35 bits per heavy atom. The molecular formula is C14H25F3O2S. The third-order valence-corrected chi connectivity index (χ3v) is 3.96. The molecule has 0 aliphatic carbocycles. The lowest BCUT2D eigenvalue weighted by Crippen LogP contribution is -2.24. The highest BCUT2D eigenvalue weighted by Crippen LogP contribution is 2.25. The SMILES string of the molecule is CCCCC(SCCCCC(F)(F)F)C(=O)OC(C)C. The van der Waals surface area contributed by atoms with Crippen LogP contribution in [0.25, 0.3) is 0 Å². The van der Waals surface area contributed by atoms with Gasteiger partial charge in [-0.3, -0.25) is 4.79 Å². The first-order valence-corrected chi connectivity index (χ1v) is 8.20. The van der Waals surface area contributed by atoms with E-state index in [4.69, 9.17) is 4.74 Å². The van der Waals surface area contributed by atoms with Crippen LogP contribution in [0.5, 0.6) is 0 Å². The molecule has 0 aromatic rings. The maximum absolute atomic E-state index is 12.0. The van der Waals surface area contributed by atoms with Crippen molar-refractivity contribution in [1.29, 1.82) is 0 Å². The molecule has 1 unspecified atom stereocenters. The molecule has 0 aromatic heterocycles. The van der Waals surface area contributed by atoms with Gasteiger partial charge in [0.05, 0.1) is 6.10 Å². The van der Waals surface area contributed by atoms with Crippen molar-refractivity contribution in [2.45, 2.75) is 76.8 Å². The largest absolute Gasteiger partial charge is 0.462 e. The summed E-state index contributed by atoms with van der Waals surface area (Å²) in [6, 6.07) is 0. The Balaban J connectivity index is 4.00. The fourth-order valence-corrected chi connectivity index (χ4v) is 2.80. The van der Waals surface area contributed by atoms with Crippen molar-refractivity contribution < 1.29 is 22.7 Å². The van der Waals surface area contributed by atoms with Gasteiger partial charge in [-0.2, -0.15) is 13.2 Å². The molecule has 1 atom stereocenters. The number of rotatable bonds is 10. The molecule has 0 amide bonds. The summed E-state index contributed by atoms with van der Waals surface area (Å²) < 4.78 is 41.2. The number of alkyl halides is 3. The van der Waals surface area contributed by atoms with Gasteiger partial charge in [0, 0.05) is 6.42 Å². The molecule has 0 fully saturated rings. The summed E-state index contributed by atoms with van der Waals surface area (Å²) in [5, 5.41) is -0.247. The molecule has 0 aromatic carbocycles. The topological polar surface area (TPSA) is 26.3 Å². The maximum Gasteiger partial charge on any atom is 0.389 e. The highest BCUT2D eigenvalue weighted by atomic mass is 32.2. The molecule has 0 aliphatic heterocycles. The molecule has 0 saturated carbocycles. The molecule has 0 N–H and O–H groups in total. The van der Waals surface area contributed by atoms with Crippen molar-refractivity contribution in [2.24, 2.45) is 0 Å². The lowest BCUT2D eigenvalue weighted by Gasteiger charge is -2.17. The minimum atomic E-state index is -4.08. The molecule has 0 bridgehead atoms. The van der Waals surface area contributed by atoms with E-state index < -0.39 is 12.6 Å². The van der Waals surface area contributed by atoms with Crippen molar-refractivity contribution in [3.63, 3.8) is 0 Å². The van der Waals surface area contributed by atoms with Crippen LogP contribution in [0.15, 0.2) is 0 Å². The maximum atomic E-state index is 12.0. The molecule has 0 heterocycles. The fraction of sp³-hybridized carbons (Fsp3) is 0.929. The second-order valence-corrected chi connectivity index (χ2v) is 6.37. The van der Waals surface area contributed by atoms with Crippen LogP contribution in [0.3, 0.4) is 0 Å². The van der Waals surface area contributed by atoms with Crippen LogP contribution in [0.4, 0.5) is 13.2 Å². The first-order chi connectivity index (χ1) is 9.26. The smallest absolute Gasteiger partial charge is 0.389 e. The first-order valence-electron chi connectivity index (χ1n) is 7.15.